The molecule has 1 unspecified atom stereocenters. The number of carbonyl (C=O) groups is 2. The molecule has 1 heterocycles. The zero-order valence-corrected chi connectivity index (χ0v) is 20.1. The number of hydrogen-bond donors (Lipinski definition) is 1. The zero-order chi connectivity index (χ0) is 24.8. The van der Waals surface area contributed by atoms with Crippen molar-refractivity contribution in [2.24, 2.45) is 0 Å². The first kappa shape index (κ1) is 24.5. The van der Waals surface area contributed by atoms with Crippen molar-refractivity contribution < 1.29 is 24.2 Å². The smallest absolute Gasteiger partial charge is 0.295 e. The minimum atomic E-state index is -0.761. The molecule has 35 heavy (non-hydrogen) atoms. The van der Waals surface area contributed by atoms with E-state index in [4.69, 9.17) is 21.1 Å². The number of ketones is 1. The fourth-order valence-electron chi connectivity index (χ4n) is 4.12. The highest BCUT2D eigenvalue weighted by Gasteiger charge is 2.45. The van der Waals surface area contributed by atoms with Gasteiger partial charge in [-0.05, 0) is 53.9 Å². The normalized spacial score (nSPS) is 17.1. The number of aliphatic hydroxyl groups excluding tert-OH is 1. The Morgan fingerprint density at radius 2 is 1.74 bits per heavy atom. The van der Waals surface area contributed by atoms with E-state index in [2.05, 4.69) is 0 Å². The van der Waals surface area contributed by atoms with Gasteiger partial charge in [0.15, 0.2) is 0 Å². The van der Waals surface area contributed by atoms with Crippen LogP contribution in [0.2, 0.25) is 5.02 Å². The molecular weight excluding hydrogens is 466 g/mol. The molecule has 1 aliphatic heterocycles. The van der Waals surface area contributed by atoms with E-state index in [-0.39, 0.29) is 11.3 Å². The monoisotopic (exact) mass is 491 g/mol. The zero-order valence-electron chi connectivity index (χ0n) is 19.3. The molecule has 7 heteroatoms. The Labute approximate surface area is 209 Å². The molecule has 1 N–H and O–H groups in total. The summed E-state index contributed by atoms with van der Waals surface area (Å²) in [6.45, 7) is 1.12. The first-order chi connectivity index (χ1) is 17.0. The standard InChI is InChI=1S/C28H26ClNO5/c1-34-16-6-15-30-25(21-9-5-10-23(17-21)35-18-19-7-3-2-4-8-19)24(27(32)28(30)33)26(31)20-11-13-22(29)14-12-20/h2-5,7-14,17,25,31H,6,15-16,18H2,1H3/b26-24-. The Kier molecular flexibility index (Phi) is 7.85. The van der Waals surface area contributed by atoms with Crippen LogP contribution < -0.4 is 4.74 Å². The molecule has 0 aliphatic carbocycles. The average molecular weight is 492 g/mol. The van der Waals surface area contributed by atoms with E-state index in [9.17, 15) is 14.7 Å². The molecule has 1 aliphatic rings. The second kappa shape index (κ2) is 11.2. The van der Waals surface area contributed by atoms with Gasteiger partial charge in [-0.2, -0.15) is 0 Å². The van der Waals surface area contributed by atoms with Crippen LogP contribution in [-0.2, 0) is 20.9 Å². The number of aliphatic hydroxyl groups is 1. The Balaban J connectivity index is 1.72. The maximum absolute atomic E-state index is 13.1. The van der Waals surface area contributed by atoms with Crippen LogP contribution in [-0.4, -0.2) is 42.0 Å². The third-order valence-corrected chi connectivity index (χ3v) is 6.08. The summed E-state index contributed by atoms with van der Waals surface area (Å²) in [5.41, 5.74) is 2.13. The van der Waals surface area contributed by atoms with Gasteiger partial charge in [-0.1, -0.05) is 54.1 Å². The number of methoxy groups -OCH3 is 1. The van der Waals surface area contributed by atoms with Crippen LogP contribution in [0.15, 0.2) is 84.4 Å². The largest absolute Gasteiger partial charge is 0.507 e. The third kappa shape index (κ3) is 5.56. The lowest BCUT2D eigenvalue weighted by Crippen LogP contribution is -2.31. The van der Waals surface area contributed by atoms with E-state index in [0.717, 1.165) is 5.56 Å². The third-order valence-electron chi connectivity index (χ3n) is 5.83. The van der Waals surface area contributed by atoms with Crippen molar-refractivity contribution in [2.75, 3.05) is 20.3 Å². The maximum atomic E-state index is 13.1. The van der Waals surface area contributed by atoms with Crippen LogP contribution >= 0.6 is 11.6 Å². The number of halogens is 1. The lowest BCUT2D eigenvalue weighted by atomic mass is 9.95. The van der Waals surface area contributed by atoms with Crippen molar-refractivity contribution in [2.45, 2.75) is 19.1 Å². The molecule has 0 spiro atoms. The lowest BCUT2D eigenvalue weighted by Gasteiger charge is -2.25. The van der Waals surface area contributed by atoms with E-state index in [1.54, 1.807) is 37.4 Å². The fourth-order valence-corrected chi connectivity index (χ4v) is 4.24. The number of amides is 1. The van der Waals surface area contributed by atoms with E-state index >= 15 is 0 Å². The number of nitrogens with zero attached hydrogens (tertiary/aromatic N) is 1. The topological polar surface area (TPSA) is 76.1 Å². The first-order valence-electron chi connectivity index (χ1n) is 11.3. The molecule has 3 aromatic carbocycles. The van der Waals surface area contributed by atoms with E-state index in [1.165, 1.54) is 4.90 Å². The second-order valence-electron chi connectivity index (χ2n) is 8.19. The highest BCUT2D eigenvalue weighted by Crippen LogP contribution is 2.40. The molecule has 1 amide bonds. The van der Waals surface area contributed by atoms with Gasteiger partial charge in [0.1, 0.15) is 18.1 Å². The SMILES string of the molecule is COCCCN1C(=O)C(=O)/C(=C(\O)c2ccc(Cl)cc2)C1c1cccc(OCc2ccccc2)c1. The number of benzene rings is 3. The number of likely N-dealkylation sites (tertiary alicyclic amines) is 1. The van der Waals surface area contributed by atoms with Gasteiger partial charge in [0, 0.05) is 30.8 Å². The Bertz CT molecular complexity index is 1220. The summed E-state index contributed by atoms with van der Waals surface area (Å²) in [6.07, 6.45) is 0.547. The average Bonchev–Trinajstić information content (AvgIpc) is 3.13. The predicted octanol–water partition coefficient (Wildman–Crippen LogP) is 5.38. The van der Waals surface area contributed by atoms with Gasteiger partial charge < -0.3 is 19.5 Å². The Hall–Kier alpha value is -3.61. The fraction of sp³-hybridized carbons (Fsp3) is 0.214. The summed E-state index contributed by atoms with van der Waals surface area (Å²) in [7, 11) is 1.58. The summed E-state index contributed by atoms with van der Waals surface area (Å²) >= 11 is 5.99. The molecule has 1 saturated heterocycles. The number of ether oxygens (including phenoxy) is 2. The Morgan fingerprint density at radius 3 is 2.46 bits per heavy atom. The molecule has 0 radical (unpaired) electrons. The minimum absolute atomic E-state index is 0.0370. The van der Waals surface area contributed by atoms with Crippen LogP contribution in [0, 0.1) is 0 Å². The summed E-state index contributed by atoms with van der Waals surface area (Å²) in [5.74, 6) is -1.03. The van der Waals surface area contributed by atoms with Gasteiger partial charge in [-0.3, -0.25) is 9.59 Å². The van der Waals surface area contributed by atoms with Crippen molar-refractivity contribution in [3.8, 4) is 5.75 Å². The molecule has 1 fully saturated rings. The van der Waals surface area contributed by atoms with E-state index in [1.807, 2.05) is 48.5 Å². The van der Waals surface area contributed by atoms with Crippen molar-refractivity contribution >= 4 is 29.1 Å². The first-order valence-corrected chi connectivity index (χ1v) is 11.7. The summed E-state index contributed by atoms with van der Waals surface area (Å²) in [6, 6.07) is 22.8. The van der Waals surface area contributed by atoms with Crippen LogP contribution in [0.25, 0.3) is 5.76 Å². The number of Topliss-reactive ketones (excluding diaryl/α,β-unsaturated/α-hetero) is 1. The van der Waals surface area contributed by atoms with Crippen molar-refractivity contribution in [3.63, 3.8) is 0 Å². The highest BCUT2D eigenvalue weighted by atomic mass is 35.5. The van der Waals surface area contributed by atoms with Gasteiger partial charge in [0.25, 0.3) is 11.7 Å². The van der Waals surface area contributed by atoms with E-state index < -0.39 is 17.7 Å². The van der Waals surface area contributed by atoms with Crippen LogP contribution in [0.1, 0.15) is 29.2 Å². The molecule has 0 bridgehead atoms. The van der Waals surface area contributed by atoms with E-state index in [0.29, 0.717) is 48.1 Å². The molecular formula is C28H26ClNO5. The quantitative estimate of drug-likeness (QED) is 0.188. The number of rotatable bonds is 9. The van der Waals surface area contributed by atoms with Gasteiger partial charge in [0.2, 0.25) is 0 Å². The summed E-state index contributed by atoms with van der Waals surface area (Å²) in [5, 5.41) is 11.6. The molecule has 0 saturated carbocycles. The van der Waals surface area contributed by atoms with Gasteiger partial charge >= 0.3 is 0 Å². The molecule has 3 aromatic rings. The lowest BCUT2D eigenvalue weighted by molar-refractivity contribution is -0.140. The summed E-state index contributed by atoms with van der Waals surface area (Å²) in [4.78, 5) is 27.6. The van der Waals surface area contributed by atoms with Crippen molar-refractivity contribution in [1.82, 2.24) is 4.90 Å². The van der Waals surface area contributed by atoms with Gasteiger partial charge in [-0.15, -0.1) is 0 Å². The number of hydrogen-bond acceptors (Lipinski definition) is 5. The van der Waals surface area contributed by atoms with Crippen LogP contribution in [0.3, 0.4) is 0 Å². The molecule has 0 aromatic heterocycles. The van der Waals surface area contributed by atoms with Crippen LogP contribution in [0.5, 0.6) is 5.75 Å². The van der Waals surface area contributed by atoms with Crippen LogP contribution in [0.4, 0.5) is 0 Å². The predicted molar refractivity (Wildman–Crippen MR) is 134 cm³/mol. The Morgan fingerprint density at radius 1 is 1.00 bits per heavy atom. The summed E-state index contributed by atoms with van der Waals surface area (Å²) < 4.78 is 11.1. The maximum Gasteiger partial charge on any atom is 0.295 e. The van der Waals surface area contributed by atoms with Crippen molar-refractivity contribution in [3.05, 3.63) is 106 Å². The van der Waals surface area contributed by atoms with Gasteiger partial charge in [-0.25, -0.2) is 0 Å². The second-order valence-corrected chi connectivity index (χ2v) is 8.63. The van der Waals surface area contributed by atoms with Crippen molar-refractivity contribution in [1.29, 1.82) is 0 Å². The molecule has 6 nitrogen and oxygen atoms in total. The molecule has 4 rings (SSSR count). The highest BCUT2D eigenvalue weighted by molar-refractivity contribution is 6.46. The van der Waals surface area contributed by atoms with Gasteiger partial charge in [0.05, 0.1) is 11.6 Å². The number of carbonyl (C=O) groups excluding carboxylic acids is 2. The molecule has 180 valence electrons. The minimum Gasteiger partial charge on any atom is -0.507 e. The molecule has 1 atom stereocenters.